The molecular formula is C21H32N2O4. The van der Waals surface area contributed by atoms with Gasteiger partial charge in [0.1, 0.15) is 0 Å². The minimum atomic E-state index is -0.453. The summed E-state index contributed by atoms with van der Waals surface area (Å²) in [5.41, 5.74) is 0.502. The molecule has 6 heteroatoms. The topological polar surface area (TPSA) is 68.8 Å². The molecule has 0 unspecified atom stereocenters. The predicted molar refractivity (Wildman–Crippen MR) is 104 cm³/mol. The summed E-state index contributed by atoms with van der Waals surface area (Å²) in [7, 11) is 3.31. The van der Waals surface area contributed by atoms with Crippen LogP contribution < -0.4 is 20.1 Å². The van der Waals surface area contributed by atoms with Gasteiger partial charge in [-0.25, -0.2) is 0 Å². The third-order valence-corrected chi connectivity index (χ3v) is 5.77. The van der Waals surface area contributed by atoms with E-state index in [4.69, 9.17) is 14.2 Å². The van der Waals surface area contributed by atoms with E-state index < -0.39 is 5.41 Å². The second-order valence-electron chi connectivity index (χ2n) is 7.62. The fraction of sp³-hybridized carbons (Fsp3) is 0.667. The van der Waals surface area contributed by atoms with Crippen molar-refractivity contribution < 1.29 is 19.0 Å². The van der Waals surface area contributed by atoms with E-state index in [2.05, 4.69) is 10.6 Å². The summed E-state index contributed by atoms with van der Waals surface area (Å²) in [6, 6.07) is 5.85. The van der Waals surface area contributed by atoms with Crippen LogP contribution in [0.3, 0.4) is 0 Å². The van der Waals surface area contributed by atoms with Crippen molar-refractivity contribution in [3.8, 4) is 11.5 Å². The molecule has 1 saturated carbocycles. The summed E-state index contributed by atoms with van der Waals surface area (Å²) in [5.74, 6) is 1.54. The maximum absolute atomic E-state index is 13.0. The number of para-hydroxylation sites is 1. The lowest BCUT2D eigenvalue weighted by Crippen LogP contribution is -2.50. The van der Waals surface area contributed by atoms with Crippen molar-refractivity contribution in [2.45, 2.75) is 51.2 Å². The minimum absolute atomic E-state index is 0.0560. The maximum atomic E-state index is 13.0. The van der Waals surface area contributed by atoms with Gasteiger partial charge in [-0.05, 0) is 57.7 Å². The first-order chi connectivity index (χ1) is 13.2. The van der Waals surface area contributed by atoms with Crippen molar-refractivity contribution in [1.29, 1.82) is 0 Å². The van der Waals surface area contributed by atoms with Crippen LogP contribution in [-0.2, 0) is 16.1 Å². The lowest BCUT2D eigenvalue weighted by atomic mass is 9.78. The Balaban J connectivity index is 1.71. The number of carbonyl (C=O) groups is 1. The Kier molecular flexibility index (Phi) is 6.96. The van der Waals surface area contributed by atoms with E-state index in [-0.39, 0.29) is 12.0 Å². The van der Waals surface area contributed by atoms with E-state index >= 15 is 0 Å². The Bertz CT molecular complexity index is 617. The average molecular weight is 376 g/mol. The monoisotopic (exact) mass is 376 g/mol. The van der Waals surface area contributed by atoms with Gasteiger partial charge in [-0.1, -0.05) is 12.1 Å². The zero-order valence-corrected chi connectivity index (χ0v) is 16.5. The van der Waals surface area contributed by atoms with Gasteiger partial charge >= 0.3 is 0 Å². The van der Waals surface area contributed by atoms with Gasteiger partial charge in [-0.15, -0.1) is 0 Å². The van der Waals surface area contributed by atoms with Crippen LogP contribution in [0.4, 0.5) is 0 Å². The largest absolute Gasteiger partial charge is 0.493 e. The lowest BCUT2D eigenvalue weighted by Gasteiger charge is -2.35. The van der Waals surface area contributed by atoms with Crippen LogP contribution in [0, 0.1) is 5.41 Å². The fourth-order valence-corrected chi connectivity index (χ4v) is 4.15. The summed E-state index contributed by atoms with van der Waals surface area (Å²) < 4.78 is 17.2. The molecule has 150 valence electrons. The third kappa shape index (κ3) is 4.74. The minimum Gasteiger partial charge on any atom is -0.493 e. The summed E-state index contributed by atoms with van der Waals surface area (Å²) in [5, 5.41) is 6.45. The molecule has 3 rings (SSSR count). The van der Waals surface area contributed by atoms with Crippen molar-refractivity contribution in [2.24, 2.45) is 5.41 Å². The molecule has 27 heavy (non-hydrogen) atoms. The molecule has 1 aromatic carbocycles. The predicted octanol–water partition coefficient (Wildman–Crippen LogP) is 2.65. The van der Waals surface area contributed by atoms with E-state index in [0.29, 0.717) is 13.2 Å². The molecular weight excluding hydrogens is 344 g/mol. The number of methoxy groups -OCH3 is 2. The van der Waals surface area contributed by atoms with Gasteiger partial charge in [0.2, 0.25) is 5.91 Å². The molecule has 0 atom stereocenters. The first-order valence-electron chi connectivity index (χ1n) is 9.99. The van der Waals surface area contributed by atoms with Gasteiger partial charge in [-0.2, -0.15) is 0 Å². The molecule has 1 amide bonds. The van der Waals surface area contributed by atoms with Crippen molar-refractivity contribution >= 4 is 5.91 Å². The van der Waals surface area contributed by atoms with Crippen LogP contribution in [0.1, 0.15) is 44.1 Å². The van der Waals surface area contributed by atoms with Crippen molar-refractivity contribution in [2.75, 3.05) is 33.9 Å². The van der Waals surface area contributed by atoms with Gasteiger partial charge in [0.15, 0.2) is 11.5 Å². The number of hydrogen-bond acceptors (Lipinski definition) is 5. The Morgan fingerprint density at radius 2 is 1.96 bits per heavy atom. The fourth-order valence-electron chi connectivity index (χ4n) is 4.15. The quantitative estimate of drug-likeness (QED) is 0.730. The SMILES string of the molecule is COCC1(C(=O)NCc2cccc(OC)c2OC2CCCC2)CCNCC1. The van der Waals surface area contributed by atoms with Crippen LogP contribution in [0.5, 0.6) is 11.5 Å². The molecule has 2 fully saturated rings. The Morgan fingerprint density at radius 1 is 1.22 bits per heavy atom. The third-order valence-electron chi connectivity index (χ3n) is 5.77. The molecule has 1 aliphatic carbocycles. The molecule has 1 saturated heterocycles. The van der Waals surface area contributed by atoms with Gasteiger partial charge in [0.05, 0.1) is 25.2 Å². The number of amides is 1. The number of ether oxygens (including phenoxy) is 3. The summed E-state index contributed by atoms with van der Waals surface area (Å²) in [4.78, 5) is 13.0. The summed E-state index contributed by atoms with van der Waals surface area (Å²) >= 11 is 0. The summed E-state index contributed by atoms with van der Waals surface area (Å²) in [6.07, 6.45) is 6.38. The van der Waals surface area contributed by atoms with E-state index in [1.54, 1.807) is 14.2 Å². The molecule has 1 aliphatic heterocycles. The second-order valence-corrected chi connectivity index (χ2v) is 7.62. The molecule has 0 radical (unpaired) electrons. The zero-order valence-electron chi connectivity index (χ0n) is 16.5. The molecule has 6 nitrogen and oxygen atoms in total. The second kappa shape index (κ2) is 9.42. The van der Waals surface area contributed by atoms with Gasteiger partial charge in [-0.3, -0.25) is 4.79 Å². The lowest BCUT2D eigenvalue weighted by molar-refractivity contribution is -0.136. The highest BCUT2D eigenvalue weighted by Gasteiger charge is 2.39. The number of rotatable bonds is 8. The Morgan fingerprint density at radius 3 is 2.63 bits per heavy atom. The van der Waals surface area contributed by atoms with Crippen LogP contribution in [-0.4, -0.2) is 45.9 Å². The van der Waals surface area contributed by atoms with Crippen molar-refractivity contribution in [3.63, 3.8) is 0 Å². The number of benzene rings is 1. The van der Waals surface area contributed by atoms with Crippen LogP contribution in [0.25, 0.3) is 0 Å². The van der Waals surface area contributed by atoms with E-state index in [0.717, 1.165) is 55.8 Å². The highest BCUT2D eigenvalue weighted by atomic mass is 16.5. The smallest absolute Gasteiger partial charge is 0.228 e. The first-order valence-corrected chi connectivity index (χ1v) is 9.99. The van der Waals surface area contributed by atoms with Crippen LogP contribution >= 0.6 is 0 Å². The van der Waals surface area contributed by atoms with Crippen molar-refractivity contribution in [3.05, 3.63) is 23.8 Å². The van der Waals surface area contributed by atoms with Crippen molar-refractivity contribution in [1.82, 2.24) is 10.6 Å². The van der Waals surface area contributed by atoms with Gasteiger partial charge in [0.25, 0.3) is 0 Å². The zero-order chi connectivity index (χ0) is 19.1. The molecule has 2 aliphatic rings. The van der Waals surface area contributed by atoms with E-state index in [9.17, 15) is 4.79 Å². The average Bonchev–Trinajstić information content (AvgIpc) is 3.21. The Hall–Kier alpha value is -1.79. The molecule has 0 bridgehead atoms. The highest BCUT2D eigenvalue weighted by Crippen LogP contribution is 2.35. The van der Waals surface area contributed by atoms with Gasteiger partial charge in [0, 0.05) is 19.2 Å². The number of piperidine rings is 1. The number of nitrogens with one attached hydrogen (secondary N) is 2. The maximum Gasteiger partial charge on any atom is 0.228 e. The van der Waals surface area contributed by atoms with Crippen LogP contribution in [0.2, 0.25) is 0 Å². The normalized spacial score (nSPS) is 19.6. The number of carbonyl (C=O) groups excluding carboxylic acids is 1. The Labute approximate surface area is 161 Å². The van der Waals surface area contributed by atoms with E-state index in [1.165, 1.54) is 12.8 Å². The number of hydrogen-bond donors (Lipinski definition) is 2. The highest BCUT2D eigenvalue weighted by molar-refractivity contribution is 5.83. The first kappa shape index (κ1) is 20.0. The van der Waals surface area contributed by atoms with E-state index in [1.807, 2.05) is 18.2 Å². The van der Waals surface area contributed by atoms with Crippen LogP contribution in [0.15, 0.2) is 18.2 Å². The molecule has 1 aromatic rings. The molecule has 2 N–H and O–H groups in total. The standard InChI is InChI=1S/C21H32N2O4/c1-25-15-21(10-12-22-13-11-21)20(24)23-14-16-6-5-9-18(26-2)19(16)27-17-7-3-4-8-17/h5-6,9,17,22H,3-4,7-8,10-15H2,1-2H3,(H,23,24). The van der Waals surface area contributed by atoms with Gasteiger partial charge < -0.3 is 24.8 Å². The summed E-state index contributed by atoms with van der Waals surface area (Å²) in [6.45, 7) is 2.55. The molecule has 0 aromatic heterocycles. The molecule has 1 heterocycles. The molecule has 0 spiro atoms.